The van der Waals surface area contributed by atoms with E-state index in [0.717, 1.165) is 0 Å². The molecule has 0 aromatic heterocycles. The summed E-state index contributed by atoms with van der Waals surface area (Å²) in [6, 6.07) is 7.38. The second kappa shape index (κ2) is 7.11. The van der Waals surface area contributed by atoms with Crippen LogP contribution in [0.4, 0.5) is 0 Å². The molecule has 1 N–H and O–H groups in total. The SMILES string of the molecule is COc1ccccc1OC(C)CNC(=O)C(C)Cl. The Kier molecular flexibility index (Phi) is 5.78. The molecule has 1 aromatic rings. The molecule has 0 aliphatic carbocycles. The Morgan fingerprint density at radius 3 is 2.50 bits per heavy atom. The second-order valence-corrected chi connectivity index (χ2v) is 4.60. The van der Waals surface area contributed by atoms with E-state index in [9.17, 15) is 4.79 Å². The molecule has 2 unspecified atom stereocenters. The van der Waals surface area contributed by atoms with Gasteiger partial charge in [0, 0.05) is 0 Å². The quantitative estimate of drug-likeness (QED) is 0.807. The average Bonchev–Trinajstić information content (AvgIpc) is 2.36. The van der Waals surface area contributed by atoms with Crippen LogP contribution >= 0.6 is 11.6 Å². The molecule has 0 aliphatic rings. The topological polar surface area (TPSA) is 47.6 Å². The summed E-state index contributed by atoms with van der Waals surface area (Å²) < 4.78 is 10.9. The average molecular weight is 272 g/mol. The van der Waals surface area contributed by atoms with Crippen molar-refractivity contribution in [2.24, 2.45) is 0 Å². The number of hydrogen-bond acceptors (Lipinski definition) is 3. The third-order valence-corrected chi connectivity index (χ3v) is 2.52. The predicted molar refractivity (Wildman–Crippen MR) is 71.4 cm³/mol. The molecule has 0 bridgehead atoms. The van der Waals surface area contributed by atoms with E-state index in [1.807, 2.05) is 31.2 Å². The van der Waals surface area contributed by atoms with Crippen molar-refractivity contribution in [3.63, 3.8) is 0 Å². The van der Waals surface area contributed by atoms with Crippen LogP contribution in [0.3, 0.4) is 0 Å². The molecule has 4 nitrogen and oxygen atoms in total. The number of halogens is 1. The first-order valence-electron chi connectivity index (χ1n) is 5.76. The summed E-state index contributed by atoms with van der Waals surface area (Å²) in [5.74, 6) is 1.12. The van der Waals surface area contributed by atoms with Gasteiger partial charge in [0.1, 0.15) is 11.5 Å². The van der Waals surface area contributed by atoms with Gasteiger partial charge in [-0.25, -0.2) is 0 Å². The number of rotatable bonds is 6. The van der Waals surface area contributed by atoms with Gasteiger partial charge in [-0.15, -0.1) is 11.6 Å². The van der Waals surface area contributed by atoms with Crippen LogP contribution in [0.1, 0.15) is 13.8 Å². The lowest BCUT2D eigenvalue weighted by molar-refractivity contribution is -0.120. The van der Waals surface area contributed by atoms with Crippen LogP contribution in [0.25, 0.3) is 0 Å². The van der Waals surface area contributed by atoms with Gasteiger partial charge in [0.05, 0.1) is 13.7 Å². The number of para-hydroxylation sites is 2. The zero-order chi connectivity index (χ0) is 13.5. The summed E-state index contributed by atoms with van der Waals surface area (Å²) in [5.41, 5.74) is 0. The highest BCUT2D eigenvalue weighted by Gasteiger charge is 2.12. The van der Waals surface area contributed by atoms with Gasteiger partial charge in [0.25, 0.3) is 0 Å². The van der Waals surface area contributed by atoms with Crippen molar-refractivity contribution in [1.82, 2.24) is 5.32 Å². The molecular formula is C13H18ClNO3. The molecule has 5 heteroatoms. The van der Waals surface area contributed by atoms with Crippen LogP contribution < -0.4 is 14.8 Å². The molecule has 0 spiro atoms. The van der Waals surface area contributed by atoms with Crippen molar-refractivity contribution in [3.05, 3.63) is 24.3 Å². The Balaban J connectivity index is 2.49. The molecule has 1 aromatic carbocycles. The number of benzene rings is 1. The zero-order valence-corrected chi connectivity index (χ0v) is 11.5. The van der Waals surface area contributed by atoms with Crippen LogP contribution in [0, 0.1) is 0 Å². The summed E-state index contributed by atoms with van der Waals surface area (Å²) in [6.45, 7) is 3.89. The van der Waals surface area contributed by atoms with Crippen molar-refractivity contribution in [2.75, 3.05) is 13.7 Å². The fourth-order valence-corrected chi connectivity index (χ4v) is 1.44. The molecule has 0 saturated heterocycles. The normalized spacial score (nSPS) is 13.6. The monoisotopic (exact) mass is 271 g/mol. The Morgan fingerprint density at radius 1 is 1.33 bits per heavy atom. The summed E-state index contributed by atoms with van der Waals surface area (Å²) in [5, 5.41) is 2.16. The Morgan fingerprint density at radius 2 is 1.94 bits per heavy atom. The fourth-order valence-electron chi connectivity index (χ4n) is 1.36. The van der Waals surface area contributed by atoms with E-state index in [1.165, 1.54) is 0 Å². The van der Waals surface area contributed by atoms with E-state index >= 15 is 0 Å². The van der Waals surface area contributed by atoms with Gasteiger partial charge in [0.2, 0.25) is 5.91 Å². The fraction of sp³-hybridized carbons (Fsp3) is 0.462. The van der Waals surface area contributed by atoms with Crippen LogP contribution in [0.15, 0.2) is 24.3 Å². The third kappa shape index (κ3) is 4.45. The number of amides is 1. The largest absolute Gasteiger partial charge is 0.493 e. The van der Waals surface area contributed by atoms with Crippen LogP contribution in [-0.2, 0) is 4.79 Å². The van der Waals surface area contributed by atoms with Gasteiger partial charge >= 0.3 is 0 Å². The molecule has 0 saturated carbocycles. The lowest BCUT2D eigenvalue weighted by atomic mass is 10.3. The predicted octanol–water partition coefficient (Wildman–Crippen LogP) is 2.21. The molecule has 1 rings (SSSR count). The maximum absolute atomic E-state index is 11.3. The first kappa shape index (κ1) is 14.6. The van der Waals surface area contributed by atoms with E-state index < -0.39 is 5.38 Å². The van der Waals surface area contributed by atoms with E-state index in [4.69, 9.17) is 21.1 Å². The lowest BCUT2D eigenvalue weighted by Crippen LogP contribution is -2.37. The van der Waals surface area contributed by atoms with Gasteiger partial charge in [0.15, 0.2) is 11.5 Å². The second-order valence-electron chi connectivity index (χ2n) is 3.94. The standard InChI is InChI=1S/C13H18ClNO3/c1-9(8-15-13(16)10(2)14)18-12-7-5-4-6-11(12)17-3/h4-7,9-10H,8H2,1-3H3,(H,15,16). The summed E-state index contributed by atoms with van der Waals surface area (Å²) in [7, 11) is 1.59. The Bertz CT molecular complexity index is 396. The van der Waals surface area contributed by atoms with Gasteiger partial charge in [-0.3, -0.25) is 4.79 Å². The summed E-state index contributed by atoms with van der Waals surface area (Å²) in [4.78, 5) is 11.3. The molecule has 100 valence electrons. The highest BCUT2D eigenvalue weighted by Crippen LogP contribution is 2.26. The van der Waals surface area contributed by atoms with Crippen LogP contribution in [0.5, 0.6) is 11.5 Å². The Labute approximate surface area is 112 Å². The molecule has 2 atom stereocenters. The van der Waals surface area contributed by atoms with Crippen LogP contribution in [-0.4, -0.2) is 31.0 Å². The Hall–Kier alpha value is -1.42. The number of nitrogens with one attached hydrogen (secondary N) is 1. The van der Waals surface area contributed by atoms with Crippen molar-refractivity contribution in [2.45, 2.75) is 25.3 Å². The molecule has 0 aliphatic heterocycles. The van der Waals surface area contributed by atoms with Crippen molar-refractivity contribution in [1.29, 1.82) is 0 Å². The maximum atomic E-state index is 11.3. The zero-order valence-electron chi connectivity index (χ0n) is 10.8. The van der Waals surface area contributed by atoms with Gasteiger partial charge in [-0.2, -0.15) is 0 Å². The summed E-state index contributed by atoms with van der Waals surface area (Å²) >= 11 is 5.65. The molecule has 1 amide bonds. The third-order valence-electron chi connectivity index (χ3n) is 2.32. The number of ether oxygens (including phenoxy) is 2. The highest BCUT2D eigenvalue weighted by atomic mass is 35.5. The molecular weight excluding hydrogens is 254 g/mol. The minimum Gasteiger partial charge on any atom is -0.493 e. The van der Waals surface area contributed by atoms with Crippen LogP contribution in [0.2, 0.25) is 0 Å². The van der Waals surface area contributed by atoms with Crippen molar-refractivity contribution >= 4 is 17.5 Å². The lowest BCUT2D eigenvalue weighted by Gasteiger charge is -2.17. The van der Waals surface area contributed by atoms with E-state index in [-0.39, 0.29) is 12.0 Å². The van der Waals surface area contributed by atoms with E-state index in [1.54, 1.807) is 14.0 Å². The number of carbonyl (C=O) groups is 1. The van der Waals surface area contributed by atoms with E-state index in [2.05, 4.69) is 5.32 Å². The van der Waals surface area contributed by atoms with Gasteiger partial charge in [-0.1, -0.05) is 12.1 Å². The smallest absolute Gasteiger partial charge is 0.237 e. The molecule has 0 fully saturated rings. The molecule has 0 radical (unpaired) electrons. The minimum atomic E-state index is -0.538. The minimum absolute atomic E-state index is 0.166. The number of hydrogen-bond donors (Lipinski definition) is 1. The number of carbonyl (C=O) groups excluding carboxylic acids is 1. The summed E-state index contributed by atoms with van der Waals surface area (Å²) in [6.07, 6.45) is -0.166. The molecule has 0 heterocycles. The maximum Gasteiger partial charge on any atom is 0.237 e. The van der Waals surface area contributed by atoms with Crippen molar-refractivity contribution < 1.29 is 14.3 Å². The first-order valence-corrected chi connectivity index (χ1v) is 6.19. The number of alkyl halides is 1. The number of methoxy groups -OCH3 is 1. The van der Waals surface area contributed by atoms with Crippen molar-refractivity contribution in [3.8, 4) is 11.5 Å². The van der Waals surface area contributed by atoms with E-state index in [0.29, 0.717) is 18.0 Å². The highest BCUT2D eigenvalue weighted by molar-refractivity contribution is 6.30. The van der Waals surface area contributed by atoms with Gasteiger partial charge in [-0.05, 0) is 26.0 Å². The molecule has 18 heavy (non-hydrogen) atoms. The first-order chi connectivity index (χ1) is 8.54. The van der Waals surface area contributed by atoms with Gasteiger partial charge < -0.3 is 14.8 Å².